The molecule has 0 radical (unpaired) electrons. The summed E-state index contributed by atoms with van der Waals surface area (Å²) in [6.45, 7) is 2.03. The van der Waals surface area contributed by atoms with E-state index in [9.17, 15) is 9.90 Å². The molecule has 0 bridgehead atoms. The van der Waals surface area contributed by atoms with Gasteiger partial charge in [-0.2, -0.15) is 0 Å². The Hall–Kier alpha value is -2.47. The van der Waals surface area contributed by atoms with E-state index in [4.69, 9.17) is 16.6 Å². The van der Waals surface area contributed by atoms with E-state index in [1.165, 1.54) is 0 Å². The van der Waals surface area contributed by atoms with Gasteiger partial charge >= 0.3 is 0 Å². The molecule has 0 fully saturated rings. The normalized spacial score (nSPS) is 12.4. The van der Waals surface area contributed by atoms with Gasteiger partial charge in [-0.1, -0.05) is 23.7 Å². The fraction of sp³-hybridized carbons (Fsp3) is 0.143. The molecule has 0 aliphatic rings. The Morgan fingerprint density at radius 3 is 2.52 bits per heavy atom. The van der Waals surface area contributed by atoms with Crippen LogP contribution in [-0.2, 0) is 7.05 Å². The Kier molecular flexibility index (Phi) is 4.60. The molecule has 4 rings (SSSR count). The summed E-state index contributed by atoms with van der Waals surface area (Å²) in [6, 6.07) is 16.3. The number of nitrogens with zero attached hydrogens (tertiary/aromatic N) is 2. The number of aryl methyl sites for hydroxylation is 2. The van der Waals surface area contributed by atoms with Crippen LogP contribution >= 0.6 is 22.9 Å². The Bertz CT molecular complexity index is 1200. The maximum Gasteiger partial charge on any atom is 0.251 e. The Labute approximate surface area is 165 Å². The van der Waals surface area contributed by atoms with Gasteiger partial charge in [-0.15, -0.1) is 11.3 Å². The van der Waals surface area contributed by atoms with Crippen molar-refractivity contribution in [1.29, 1.82) is 0 Å². The first-order valence-electron chi connectivity index (χ1n) is 8.45. The van der Waals surface area contributed by atoms with Gasteiger partial charge in [-0.05, 0) is 48.9 Å². The molecular weight excluding hydrogens is 380 g/mol. The highest BCUT2D eigenvalue weighted by Gasteiger charge is 2.16. The first kappa shape index (κ1) is 17.9. The van der Waals surface area contributed by atoms with Crippen molar-refractivity contribution in [3.8, 4) is 10.4 Å². The molecule has 0 spiro atoms. The average Bonchev–Trinajstić information content (AvgIpc) is 3.10. The average molecular weight is 397 g/mol. The van der Waals surface area contributed by atoms with E-state index in [1.807, 2.05) is 25.1 Å². The number of aliphatic hydroxyl groups excluding tert-OH is 1. The number of hydrogen-bond donors (Lipinski definition) is 1. The zero-order valence-corrected chi connectivity index (χ0v) is 16.4. The SMILES string of the molecule is Cc1ccc(-c2cc(=O)n(C)c3ccc(C(O)c4ccc(Cl)cc4)nc23)s1. The van der Waals surface area contributed by atoms with Gasteiger partial charge in [0, 0.05) is 33.5 Å². The highest BCUT2D eigenvalue weighted by atomic mass is 35.5. The molecule has 136 valence electrons. The number of pyridine rings is 2. The lowest BCUT2D eigenvalue weighted by molar-refractivity contribution is 0.216. The molecule has 1 unspecified atom stereocenters. The molecule has 4 aromatic rings. The molecule has 0 aliphatic heterocycles. The van der Waals surface area contributed by atoms with Crippen LogP contribution in [0.5, 0.6) is 0 Å². The van der Waals surface area contributed by atoms with Crippen LogP contribution < -0.4 is 5.56 Å². The highest BCUT2D eigenvalue weighted by molar-refractivity contribution is 7.15. The highest BCUT2D eigenvalue weighted by Crippen LogP contribution is 2.32. The van der Waals surface area contributed by atoms with E-state index in [2.05, 4.69) is 0 Å². The molecule has 27 heavy (non-hydrogen) atoms. The molecule has 0 amide bonds. The van der Waals surface area contributed by atoms with Crippen molar-refractivity contribution in [2.45, 2.75) is 13.0 Å². The van der Waals surface area contributed by atoms with Crippen LogP contribution in [0.15, 0.2) is 59.4 Å². The zero-order valence-electron chi connectivity index (χ0n) is 14.8. The second-order valence-electron chi connectivity index (χ2n) is 6.42. The molecular formula is C21H17ClN2O2S. The van der Waals surface area contributed by atoms with Gasteiger partial charge in [0.05, 0.1) is 16.7 Å². The van der Waals surface area contributed by atoms with E-state index >= 15 is 0 Å². The Morgan fingerprint density at radius 1 is 1.11 bits per heavy atom. The molecule has 6 heteroatoms. The zero-order chi connectivity index (χ0) is 19.1. The third-order valence-corrected chi connectivity index (χ3v) is 5.87. The standard InChI is InChI=1S/C21H17ClN2O2S/c1-12-3-10-18(27-12)15-11-19(25)24(2)17-9-8-16(23-20(15)17)21(26)13-4-6-14(22)7-5-13/h3-11,21,26H,1-2H3. The van der Waals surface area contributed by atoms with Crippen molar-refractivity contribution in [2.75, 3.05) is 0 Å². The quantitative estimate of drug-likeness (QED) is 0.545. The molecule has 1 N–H and O–H groups in total. The fourth-order valence-corrected chi connectivity index (χ4v) is 4.09. The molecule has 4 nitrogen and oxygen atoms in total. The van der Waals surface area contributed by atoms with E-state index in [-0.39, 0.29) is 5.56 Å². The van der Waals surface area contributed by atoms with E-state index in [0.717, 1.165) is 20.8 Å². The summed E-state index contributed by atoms with van der Waals surface area (Å²) in [4.78, 5) is 19.3. The van der Waals surface area contributed by atoms with E-state index in [1.54, 1.807) is 59.3 Å². The van der Waals surface area contributed by atoms with Crippen LogP contribution in [-0.4, -0.2) is 14.7 Å². The second kappa shape index (κ2) is 6.93. The van der Waals surface area contributed by atoms with Crippen LogP contribution in [0.4, 0.5) is 0 Å². The first-order valence-corrected chi connectivity index (χ1v) is 9.64. The van der Waals surface area contributed by atoms with Crippen LogP contribution in [0.1, 0.15) is 22.2 Å². The van der Waals surface area contributed by atoms with Gasteiger partial charge in [0.15, 0.2) is 0 Å². The Morgan fingerprint density at radius 2 is 1.85 bits per heavy atom. The van der Waals surface area contributed by atoms with E-state index in [0.29, 0.717) is 21.8 Å². The fourth-order valence-electron chi connectivity index (χ4n) is 3.08. The summed E-state index contributed by atoms with van der Waals surface area (Å²) in [5.41, 5.74) is 3.37. The van der Waals surface area contributed by atoms with Crippen LogP contribution in [0.25, 0.3) is 21.5 Å². The van der Waals surface area contributed by atoms with Gasteiger partial charge in [-0.25, -0.2) is 4.98 Å². The molecule has 1 atom stereocenters. The van der Waals surface area contributed by atoms with Gasteiger partial charge < -0.3 is 9.67 Å². The van der Waals surface area contributed by atoms with Crippen molar-refractivity contribution in [1.82, 2.24) is 9.55 Å². The van der Waals surface area contributed by atoms with Crippen LogP contribution in [0.3, 0.4) is 0 Å². The molecule has 3 heterocycles. The molecule has 1 aromatic carbocycles. The summed E-state index contributed by atoms with van der Waals surface area (Å²) in [7, 11) is 1.73. The molecule has 0 saturated heterocycles. The molecule has 0 saturated carbocycles. The minimum absolute atomic E-state index is 0.0867. The summed E-state index contributed by atoms with van der Waals surface area (Å²) >= 11 is 7.55. The number of thiophene rings is 1. The number of hydrogen-bond acceptors (Lipinski definition) is 4. The lowest BCUT2D eigenvalue weighted by atomic mass is 10.0. The van der Waals surface area contributed by atoms with Crippen molar-refractivity contribution in [3.05, 3.63) is 86.1 Å². The first-order chi connectivity index (χ1) is 12.9. The lowest BCUT2D eigenvalue weighted by Crippen LogP contribution is -2.17. The summed E-state index contributed by atoms with van der Waals surface area (Å²) in [5.74, 6) is 0. The third-order valence-electron chi connectivity index (χ3n) is 4.58. The van der Waals surface area contributed by atoms with Gasteiger partial charge in [0.2, 0.25) is 0 Å². The van der Waals surface area contributed by atoms with Crippen LogP contribution in [0.2, 0.25) is 5.02 Å². The molecule has 3 aromatic heterocycles. The number of rotatable bonds is 3. The monoisotopic (exact) mass is 396 g/mol. The Balaban J connectivity index is 1.91. The smallest absolute Gasteiger partial charge is 0.251 e. The predicted molar refractivity (Wildman–Crippen MR) is 111 cm³/mol. The number of halogens is 1. The second-order valence-corrected chi connectivity index (χ2v) is 8.15. The summed E-state index contributed by atoms with van der Waals surface area (Å²) in [5, 5.41) is 11.4. The van der Waals surface area contributed by atoms with Crippen LogP contribution in [0, 0.1) is 6.92 Å². The third kappa shape index (κ3) is 3.30. The van der Waals surface area contributed by atoms with Gasteiger partial charge in [0.25, 0.3) is 5.56 Å². The molecule has 0 aliphatic carbocycles. The number of benzene rings is 1. The van der Waals surface area contributed by atoms with E-state index < -0.39 is 6.10 Å². The predicted octanol–water partition coefficient (Wildman–Crippen LogP) is 4.71. The minimum atomic E-state index is -0.873. The maximum atomic E-state index is 12.4. The van der Waals surface area contributed by atoms with Crippen molar-refractivity contribution < 1.29 is 5.11 Å². The number of aromatic nitrogens is 2. The number of fused-ring (bicyclic) bond motifs is 1. The lowest BCUT2D eigenvalue weighted by Gasteiger charge is -2.14. The van der Waals surface area contributed by atoms with Crippen molar-refractivity contribution in [2.24, 2.45) is 7.05 Å². The van der Waals surface area contributed by atoms with Crippen molar-refractivity contribution >= 4 is 34.0 Å². The maximum absolute atomic E-state index is 12.4. The largest absolute Gasteiger partial charge is 0.382 e. The van der Waals surface area contributed by atoms with Gasteiger partial charge in [-0.3, -0.25) is 4.79 Å². The topological polar surface area (TPSA) is 55.1 Å². The van der Waals surface area contributed by atoms with Crippen molar-refractivity contribution in [3.63, 3.8) is 0 Å². The summed E-state index contributed by atoms with van der Waals surface area (Å²) < 4.78 is 1.57. The minimum Gasteiger partial charge on any atom is -0.382 e. The van der Waals surface area contributed by atoms with Gasteiger partial charge in [0.1, 0.15) is 6.10 Å². The summed E-state index contributed by atoms with van der Waals surface area (Å²) in [6.07, 6.45) is -0.873. The number of aliphatic hydroxyl groups is 1.